The van der Waals surface area contributed by atoms with Crippen LogP contribution in [0.4, 0.5) is 0 Å². The van der Waals surface area contributed by atoms with E-state index in [0.717, 1.165) is 4.47 Å². The van der Waals surface area contributed by atoms with Crippen molar-refractivity contribution in [3.05, 3.63) is 26.4 Å². The maximum Gasteiger partial charge on any atom is 0.329 e. The first kappa shape index (κ1) is 15.3. The average Bonchev–Trinajstić information content (AvgIpc) is 2.41. The van der Waals surface area contributed by atoms with Crippen LogP contribution in [-0.4, -0.2) is 29.2 Å². The molecule has 0 aliphatic rings. The largest absolute Gasteiger partial charge is 0.496 e. The molecule has 106 valence electrons. The molecule has 0 bridgehead atoms. The van der Waals surface area contributed by atoms with E-state index in [4.69, 9.17) is 25.8 Å². The minimum absolute atomic E-state index is 0.0180. The lowest BCUT2D eigenvalue weighted by atomic mass is 10.3. The molecular formula is C11H8Br2ClN3O3. The van der Waals surface area contributed by atoms with Crippen LogP contribution in [0.1, 0.15) is 0 Å². The fourth-order valence-electron chi connectivity index (χ4n) is 1.29. The van der Waals surface area contributed by atoms with Gasteiger partial charge in [0.1, 0.15) is 11.5 Å². The quantitative estimate of drug-likeness (QED) is 0.741. The minimum atomic E-state index is -0.0180. The van der Waals surface area contributed by atoms with Gasteiger partial charge in [-0.25, -0.2) is 0 Å². The van der Waals surface area contributed by atoms with Crippen LogP contribution in [0.25, 0.3) is 0 Å². The van der Waals surface area contributed by atoms with Crippen molar-refractivity contribution < 1.29 is 14.2 Å². The normalized spacial score (nSPS) is 10.2. The first-order valence-corrected chi connectivity index (χ1v) is 7.16. The predicted molar refractivity (Wildman–Crippen MR) is 79.9 cm³/mol. The van der Waals surface area contributed by atoms with Crippen molar-refractivity contribution in [3.8, 4) is 23.5 Å². The zero-order valence-electron chi connectivity index (χ0n) is 10.4. The summed E-state index contributed by atoms with van der Waals surface area (Å²) in [7, 11) is 3.00. The molecule has 0 unspecified atom stereocenters. The molecule has 1 aromatic heterocycles. The summed E-state index contributed by atoms with van der Waals surface area (Å²) in [5, 5.41) is -0.0180. The zero-order valence-corrected chi connectivity index (χ0v) is 14.3. The van der Waals surface area contributed by atoms with Gasteiger partial charge in [0.25, 0.3) is 0 Å². The van der Waals surface area contributed by atoms with E-state index in [1.807, 2.05) is 0 Å². The van der Waals surface area contributed by atoms with Gasteiger partial charge < -0.3 is 14.2 Å². The summed E-state index contributed by atoms with van der Waals surface area (Å²) in [4.78, 5) is 11.6. The molecule has 0 aliphatic carbocycles. The zero-order chi connectivity index (χ0) is 14.7. The van der Waals surface area contributed by atoms with Gasteiger partial charge in [-0.3, -0.25) is 0 Å². The van der Waals surface area contributed by atoms with Gasteiger partial charge in [-0.15, -0.1) is 4.98 Å². The van der Waals surface area contributed by atoms with Crippen molar-refractivity contribution in [2.24, 2.45) is 0 Å². The lowest BCUT2D eigenvalue weighted by molar-refractivity contribution is 0.358. The molecule has 0 fully saturated rings. The van der Waals surface area contributed by atoms with Crippen molar-refractivity contribution in [1.82, 2.24) is 15.0 Å². The molecule has 20 heavy (non-hydrogen) atoms. The van der Waals surface area contributed by atoms with Gasteiger partial charge in [0.15, 0.2) is 0 Å². The van der Waals surface area contributed by atoms with Crippen LogP contribution in [0, 0.1) is 0 Å². The fraction of sp³-hybridized carbons (Fsp3) is 0.182. The molecule has 2 rings (SSSR count). The van der Waals surface area contributed by atoms with Gasteiger partial charge in [0, 0.05) is 6.07 Å². The van der Waals surface area contributed by atoms with Crippen LogP contribution < -0.4 is 14.2 Å². The molecule has 0 atom stereocenters. The smallest absolute Gasteiger partial charge is 0.329 e. The number of halogens is 3. The number of aromatic nitrogens is 3. The van der Waals surface area contributed by atoms with Crippen molar-refractivity contribution in [2.75, 3.05) is 14.2 Å². The van der Waals surface area contributed by atoms with Crippen LogP contribution in [-0.2, 0) is 0 Å². The first-order chi connectivity index (χ1) is 9.53. The van der Waals surface area contributed by atoms with Crippen LogP contribution in [0.5, 0.6) is 23.5 Å². The predicted octanol–water partition coefficient (Wildman–Crippen LogP) is 3.86. The third-order valence-electron chi connectivity index (χ3n) is 2.16. The first-order valence-electron chi connectivity index (χ1n) is 5.20. The highest BCUT2D eigenvalue weighted by Crippen LogP contribution is 2.37. The Balaban J connectivity index is 2.35. The Hall–Kier alpha value is -1.12. The molecular weight excluding hydrogens is 417 g/mol. The van der Waals surface area contributed by atoms with Crippen molar-refractivity contribution in [1.29, 1.82) is 0 Å². The number of rotatable bonds is 4. The highest BCUT2D eigenvalue weighted by atomic mass is 79.9. The Bertz CT molecular complexity index is 643. The molecule has 6 nitrogen and oxygen atoms in total. The van der Waals surface area contributed by atoms with E-state index in [1.54, 1.807) is 19.2 Å². The van der Waals surface area contributed by atoms with Gasteiger partial charge >= 0.3 is 12.0 Å². The summed E-state index contributed by atoms with van der Waals surface area (Å²) in [6, 6.07) is 3.57. The number of methoxy groups -OCH3 is 2. The monoisotopic (exact) mass is 423 g/mol. The number of benzene rings is 1. The molecule has 0 amide bonds. The molecule has 0 N–H and O–H groups in total. The summed E-state index contributed by atoms with van der Waals surface area (Å²) in [6.07, 6.45) is 0. The minimum Gasteiger partial charge on any atom is -0.496 e. The Kier molecular flexibility index (Phi) is 5.00. The van der Waals surface area contributed by atoms with Crippen molar-refractivity contribution in [2.45, 2.75) is 0 Å². The van der Waals surface area contributed by atoms with Crippen molar-refractivity contribution in [3.63, 3.8) is 0 Å². The Labute approximate surface area is 136 Å². The van der Waals surface area contributed by atoms with E-state index in [0.29, 0.717) is 16.0 Å². The van der Waals surface area contributed by atoms with Gasteiger partial charge in [0.05, 0.1) is 23.2 Å². The number of nitrogens with zero attached hydrogens (tertiary/aromatic N) is 3. The van der Waals surface area contributed by atoms with Crippen LogP contribution in [0.15, 0.2) is 21.1 Å². The van der Waals surface area contributed by atoms with Gasteiger partial charge in [-0.1, -0.05) is 0 Å². The second-order valence-electron chi connectivity index (χ2n) is 3.39. The maximum atomic E-state index is 5.75. The van der Waals surface area contributed by atoms with Gasteiger partial charge in [-0.2, -0.15) is 9.97 Å². The fourth-order valence-corrected chi connectivity index (χ4v) is 2.33. The standard InChI is InChI=1S/C11H8Br2ClN3O3/c1-18-7-3-6(13)8(4-5(7)12)20-11-16-9(14)15-10(17-11)19-2/h3-4H,1-2H3. The average molecular weight is 425 g/mol. The Morgan fingerprint density at radius 2 is 1.50 bits per heavy atom. The highest BCUT2D eigenvalue weighted by Gasteiger charge is 2.12. The highest BCUT2D eigenvalue weighted by molar-refractivity contribution is 9.11. The second-order valence-corrected chi connectivity index (χ2v) is 5.44. The van der Waals surface area contributed by atoms with Crippen LogP contribution in [0.2, 0.25) is 5.28 Å². The lowest BCUT2D eigenvalue weighted by Crippen LogP contribution is -1.99. The number of ether oxygens (including phenoxy) is 3. The summed E-state index contributed by atoms with van der Waals surface area (Å²) < 4.78 is 17.0. The topological polar surface area (TPSA) is 66.4 Å². The van der Waals surface area contributed by atoms with E-state index >= 15 is 0 Å². The van der Waals surface area contributed by atoms with E-state index in [-0.39, 0.29) is 17.3 Å². The van der Waals surface area contributed by atoms with Crippen LogP contribution in [0.3, 0.4) is 0 Å². The SMILES string of the molecule is COc1nc(Cl)nc(Oc2cc(Br)c(OC)cc2Br)n1. The van der Waals surface area contributed by atoms with Crippen molar-refractivity contribution >= 4 is 43.5 Å². The summed E-state index contributed by atoms with van der Waals surface area (Å²) in [5.74, 6) is 1.15. The van der Waals surface area contributed by atoms with E-state index < -0.39 is 0 Å². The number of hydrogen-bond acceptors (Lipinski definition) is 6. The Morgan fingerprint density at radius 3 is 2.15 bits per heavy atom. The molecule has 1 aromatic carbocycles. The van der Waals surface area contributed by atoms with E-state index in [9.17, 15) is 0 Å². The van der Waals surface area contributed by atoms with Gasteiger partial charge in [0.2, 0.25) is 5.28 Å². The molecule has 0 saturated carbocycles. The van der Waals surface area contributed by atoms with E-state index in [1.165, 1.54) is 7.11 Å². The molecule has 2 aromatic rings. The summed E-state index contributed by atoms with van der Waals surface area (Å²) in [5.41, 5.74) is 0. The number of hydrogen-bond donors (Lipinski definition) is 0. The van der Waals surface area contributed by atoms with E-state index in [2.05, 4.69) is 46.8 Å². The second kappa shape index (κ2) is 6.55. The molecule has 9 heteroatoms. The Morgan fingerprint density at radius 1 is 0.900 bits per heavy atom. The van der Waals surface area contributed by atoms with Gasteiger partial charge in [-0.05, 0) is 49.5 Å². The molecule has 0 spiro atoms. The summed E-state index contributed by atoms with van der Waals surface area (Å²) >= 11 is 12.5. The van der Waals surface area contributed by atoms with Crippen LogP contribution >= 0.6 is 43.5 Å². The third kappa shape index (κ3) is 3.50. The lowest BCUT2D eigenvalue weighted by Gasteiger charge is -2.10. The third-order valence-corrected chi connectivity index (χ3v) is 3.57. The summed E-state index contributed by atoms with van der Waals surface area (Å²) in [6.45, 7) is 0. The maximum absolute atomic E-state index is 5.75. The molecule has 1 heterocycles. The molecule has 0 aliphatic heterocycles. The molecule has 0 saturated heterocycles. The molecule has 0 radical (unpaired) electrons.